The van der Waals surface area contributed by atoms with Crippen molar-refractivity contribution in [1.82, 2.24) is 9.97 Å². The zero-order valence-corrected chi connectivity index (χ0v) is 12.0. The van der Waals surface area contributed by atoms with Crippen LogP contribution in [0.25, 0.3) is 0 Å². The molecule has 3 N–H and O–H groups in total. The number of ether oxygens (including phenoxy) is 1. The smallest absolute Gasteiger partial charge is 0.242 e. The van der Waals surface area contributed by atoms with Crippen molar-refractivity contribution in [3.8, 4) is 5.88 Å². The second-order valence-corrected chi connectivity index (χ2v) is 5.72. The minimum atomic E-state index is 0.0553. The first-order chi connectivity index (χ1) is 9.06. The van der Waals surface area contributed by atoms with Crippen LogP contribution in [0.15, 0.2) is 6.33 Å². The van der Waals surface area contributed by atoms with Gasteiger partial charge in [-0.3, -0.25) is 0 Å². The summed E-state index contributed by atoms with van der Waals surface area (Å²) in [6.07, 6.45) is 6.48. The highest BCUT2D eigenvalue weighted by Gasteiger charge is 2.20. The maximum Gasteiger partial charge on any atom is 0.242 e. The third-order valence-electron chi connectivity index (χ3n) is 3.47. The predicted octanol–water partition coefficient (Wildman–Crippen LogP) is 2.84. The van der Waals surface area contributed by atoms with Gasteiger partial charge in [0.05, 0.1) is 6.10 Å². The fraction of sp³-hybridized carbons (Fsp3) is 0.714. The normalized spacial score (nSPS) is 23.4. The summed E-state index contributed by atoms with van der Waals surface area (Å²) in [6.45, 7) is 6.21. The fourth-order valence-electron chi connectivity index (χ4n) is 2.57. The summed E-state index contributed by atoms with van der Waals surface area (Å²) in [5, 5.41) is 3.44. The van der Waals surface area contributed by atoms with E-state index in [4.69, 9.17) is 10.5 Å². The summed E-state index contributed by atoms with van der Waals surface area (Å²) in [7, 11) is 0. The van der Waals surface area contributed by atoms with Gasteiger partial charge in [0.2, 0.25) is 5.88 Å². The van der Waals surface area contributed by atoms with Gasteiger partial charge in [0.25, 0.3) is 0 Å². The molecule has 0 aliphatic heterocycles. The zero-order valence-electron chi connectivity index (χ0n) is 12.0. The minimum Gasteiger partial charge on any atom is -0.473 e. The van der Waals surface area contributed by atoms with Crippen molar-refractivity contribution >= 4 is 11.5 Å². The Hall–Kier alpha value is -1.52. The summed E-state index contributed by atoms with van der Waals surface area (Å²) >= 11 is 0. The lowest BCUT2D eigenvalue weighted by Gasteiger charge is -2.28. The highest BCUT2D eigenvalue weighted by Crippen LogP contribution is 2.30. The number of nitrogen functional groups attached to an aromatic ring is 1. The Kier molecular flexibility index (Phi) is 4.45. The molecule has 1 saturated carbocycles. The number of rotatable bonds is 4. The van der Waals surface area contributed by atoms with Crippen LogP contribution in [0.3, 0.4) is 0 Å². The first-order valence-electron chi connectivity index (χ1n) is 7.10. The lowest BCUT2D eigenvalue weighted by molar-refractivity contribution is 0.234. The second kappa shape index (κ2) is 6.08. The number of hydrogen-bond acceptors (Lipinski definition) is 5. The van der Waals surface area contributed by atoms with Crippen LogP contribution >= 0.6 is 0 Å². The highest BCUT2D eigenvalue weighted by atomic mass is 16.5. The molecule has 0 saturated heterocycles. The molecule has 5 heteroatoms. The van der Waals surface area contributed by atoms with Crippen molar-refractivity contribution in [2.24, 2.45) is 5.92 Å². The van der Waals surface area contributed by atoms with Gasteiger partial charge in [-0.05, 0) is 32.6 Å². The van der Waals surface area contributed by atoms with E-state index in [1.54, 1.807) is 0 Å². The Labute approximate surface area is 115 Å². The fourth-order valence-corrected chi connectivity index (χ4v) is 2.57. The van der Waals surface area contributed by atoms with Crippen molar-refractivity contribution in [1.29, 1.82) is 0 Å². The maximum atomic E-state index is 6.07. The van der Waals surface area contributed by atoms with Gasteiger partial charge in [-0.15, -0.1) is 0 Å². The van der Waals surface area contributed by atoms with Crippen LogP contribution in [-0.4, -0.2) is 22.1 Å². The molecule has 5 nitrogen and oxygen atoms in total. The lowest BCUT2D eigenvalue weighted by Crippen LogP contribution is -2.27. The van der Waals surface area contributed by atoms with E-state index in [1.807, 2.05) is 13.8 Å². The SMILES string of the molecule is CC1CCCC(Nc2ncnc(OC(C)C)c2N)C1. The Morgan fingerprint density at radius 3 is 2.84 bits per heavy atom. The molecule has 0 radical (unpaired) electrons. The van der Waals surface area contributed by atoms with E-state index >= 15 is 0 Å². The average molecular weight is 264 g/mol. The van der Waals surface area contributed by atoms with E-state index in [-0.39, 0.29) is 6.10 Å². The van der Waals surface area contributed by atoms with E-state index in [2.05, 4.69) is 22.2 Å². The largest absolute Gasteiger partial charge is 0.473 e. The molecule has 0 amide bonds. The van der Waals surface area contributed by atoms with Gasteiger partial charge in [-0.1, -0.05) is 19.8 Å². The molecular formula is C14H24N4O. The summed E-state index contributed by atoms with van der Waals surface area (Å²) in [4.78, 5) is 8.33. The summed E-state index contributed by atoms with van der Waals surface area (Å²) in [6, 6.07) is 0.452. The van der Waals surface area contributed by atoms with Gasteiger partial charge in [0, 0.05) is 6.04 Å². The van der Waals surface area contributed by atoms with E-state index in [0.717, 1.165) is 5.92 Å². The molecule has 2 rings (SSSR count). The molecule has 0 spiro atoms. The number of aromatic nitrogens is 2. The molecule has 1 aromatic heterocycles. The number of nitrogens with zero attached hydrogens (tertiary/aromatic N) is 2. The number of hydrogen-bond donors (Lipinski definition) is 2. The van der Waals surface area contributed by atoms with E-state index < -0.39 is 0 Å². The van der Waals surface area contributed by atoms with E-state index in [0.29, 0.717) is 23.4 Å². The molecule has 1 aliphatic rings. The minimum absolute atomic E-state index is 0.0553. The van der Waals surface area contributed by atoms with Crippen LogP contribution in [0.4, 0.5) is 11.5 Å². The molecule has 0 bridgehead atoms. The monoisotopic (exact) mass is 264 g/mol. The molecule has 1 aliphatic carbocycles. The number of nitrogens with one attached hydrogen (secondary N) is 1. The maximum absolute atomic E-state index is 6.07. The van der Waals surface area contributed by atoms with Crippen LogP contribution in [0.1, 0.15) is 46.5 Å². The lowest BCUT2D eigenvalue weighted by atomic mass is 9.87. The van der Waals surface area contributed by atoms with Gasteiger partial charge in [-0.2, -0.15) is 4.98 Å². The van der Waals surface area contributed by atoms with Gasteiger partial charge in [0.15, 0.2) is 5.82 Å². The summed E-state index contributed by atoms with van der Waals surface area (Å²) in [5.74, 6) is 1.93. The van der Waals surface area contributed by atoms with E-state index in [1.165, 1.54) is 32.0 Å². The van der Waals surface area contributed by atoms with Crippen LogP contribution in [0, 0.1) is 5.92 Å². The van der Waals surface area contributed by atoms with Crippen molar-refractivity contribution < 1.29 is 4.74 Å². The first-order valence-corrected chi connectivity index (χ1v) is 7.10. The molecule has 0 aromatic carbocycles. The molecular weight excluding hydrogens is 240 g/mol. The molecule has 19 heavy (non-hydrogen) atoms. The van der Waals surface area contributed by atoms with Crippen LogP contribution in [0.5, 0.6) is 5.88 Å². The van der Waals surface area contributed by atoms with E-state index in [9.17, 15) is 0 Å². The third kappa shape index (κ3) is 3.72. The third-order valence-corrected chi connectivity index (χ3v) is 3.47. The summed E-state index contributed by atoms with van der Waals surface area (Å²) < 4.78 is 5.58. The highest BCUT2D eigenvalue weighted by molar-refractivity contribution is 5.66. The molecule has 2 atom stereocenters. The molecule has 1 heterocycles. The van der Waals surface area contributed by atoms with Crippen LogP contribution in [-0.2, 0) is 0 Å². The molecule has 1 fully saturated rings. The average Bonchev–Trinajstić information content (AvgIpc) is 2.34. The standard InChI is InChI=1S/C14H24N4O/c1-9(2)19-14-12(15)13(16-8-17-14)18-11-6-4-5-10(3)7-11/h8-11H,4-7,15H2,1-3H3,(H,16,17,18). The number of nitrogens with two attached hydrogens (primary N) is 1. The Bertz CT molecular complexity index is 422. The van der Waals surface area contributed by atoms with Crippen LogP contribution < -0.4 is 15.8 Å². The van der Waals surface area contributed by atoms with Gasteiger partial charge in [0.1, 0.15) is 12.0 Å². The van der Waals surface area contributed by atoms with Crippen LogP contribution in [0.2, 0.25) is 0 Å². The van der Waals surface area contributed by atoms with Gasteiger partial charge >= 0.3 is 0 Å². The topological polar surface area (TPSA) is 73.1 Å². The van der Waals surface area contributed by atoms with Crippen molar-refractivity contribution in [3.63, 3.8) is 0 Å². The quantitative estimate of drug-likeness (QED) is 0.874. The summed E-state index contributed by atoms with van der Waals surface area (Å²) in [5.41, 5.74) is 6.58. The Morgan fingerprint density at radius 1 is 1.37 bits per heavy atom. The first kappa shape index (κ1) is 13.9. The van der Waals surface area contributed by atoms with Crippen molar-refractivity contribution in [2.75, 3.05) is 11.1 Å². The zero-order chi connectivity index (χ0) is 13.8. The predicted molar refractivity (Wildman–Crippen MR) is 77.3 cm³/mol. The van der Waals surface area contributed by atoms with Crippen molar-refractivity contribution in [3.05, 3.63) is 6.33 Å². The van der Waals surface area contributed by atoms with Gasteiger partial charge in [-0.25, -0.2) is 4.98 Å². The molecule has 106 valence electrons. The Morgan fingerprint density at radius 2 is 2.16 bits per heavy atom. The number of anilines is 2. The molecule has 1 aromatic rings. The second-order valence-electron chi connectivity index (χ2n) is 5.72. The Balaban J connectivity index is 2.07. The van der Waals surface area contributed by atoms with Crippen molar-refractivity contribution in [2.45, 2.75) is 58.6 Å². The van der Waals surface area contributed by atoms with Gasteiger partial charge < -0.3 is 15.8 Å². The molecule has 2 unspecified atom stereocenters.